The second kappa shape index (κ2) is 7.96. The number of carbonyl (C=O) groups excluding carboxylic acids is 1. The molecule has 1 atom stereocenters. The highest BCUT2D eigenvalue weighted by atomic mass is 35.5. The Balaban J connectivity index is 0.00000361. The number of carbonyl (C=O) groups is 1. The van der Waals surface area contributed by atoms with Crippen LogP contribution < -0.4 is 15.4 Å². The molecule has 1 rings (SSSR count). The van der Waals surface area contributed by atoms with Crippen molar-refractivity contribution in [2.24, 2.45) is 0 Å². The normalized spacial score (nSPS) is 12.2. The molecule has 0 bridgehead atoms. The average molecular weight is 313 g/mol. The zero-order chi connectivity index (χ0) is 14.5. The first-order valence-corrected chi connectivity index (χ1v) is 5.63. The van der Waals surface area contributed by atoms with Gasteiger partial charge in [0.2, 0.25) is 0 Å². The Bertz CT molecular complexity index is 441. The number of ether oxygens (including phenoxy) is 1. The van der Waals surface area contributed by atoms with E-state index in [1.807, 2.05) is 6.92 Å². The van der Waals surface area contributed by atoms with Crippen LogP contribution >= 0.6 is 12.4 Å². The fourth-order valence-electron chi connectivity index (χ4n) is 1.28. The van der Waals surface area contributed by atoms with Crippen LogP contribution in [0.5, 0.6) is 5.75 Å². The lowest BCUT2D eigenvalue weighted by Gasteiger charge is -2.12. The molecular formula is C12H16ClF3N2O2. The number of likely N-dealkylation sites (N-methyl/N-ethyl adjacent to an activating group) is 1. The lowest BCUT2D eigenvalue weighted by atomic mass is 10.2. The molecule has 1 amide bonds. The summed E-state index contributed by atoms with van der Waals surface area (Å²) in [7, 11) is 1.74. The molecule has 0 radical (unpaired) electrons. The summed E-state index contributed by atoms with van der Waals surface area (Å²) in [5.41, 5.74) is 0.116. The minimum Gasteiger partial charge on any atom is -0.406 e. The van der Waals surface area contributed by atoms with Crippen LogP contribution in [0.15, 0.2) is 24.3 Å². The zero-order valence-corrected chi connectivity index (χ0v) is 11.8. The lowest BCUT2D eigenvalue weighted by Crippen LogP contribution is -2.37. The topological polar surface area (TPSA) is 50.4 Å². The fourth-order valence-corrected chi connectivity index (χ4v) is 1.28. The van der Waals surface area contributed by atoms with E-state index in [-0.39, 0.29) is 24.0 Å². The molecule has 0 aliphatic heterocycles. The van der Waals surface area contributed by atoms with E-state index in [2.05, 4.69) is 15.4 Å². The van der Waals surface area contributed by atoms with Crippen LogP contribution in [0.3, 0.4) is 0 Å². The third-order valence-electron chi connectivity index (χ3n) is 2.39. The highest BCUT2D eigenvalue weighted by molar-refractivity contribution is 5.94. The van der Waals surface area contributed by atoms with Crippen molar-refractivity contribution in [2.45, 2.75) is 19.3 Å². The van der Waals surface area contributed by atoms with Crippen LogP contribution in [0.4, 0.5) is 13.2 Å². The summed E-state index contributed by atoms with van der Waals surface area (Å²) in [5.74, 6) is -0.864. The molecule has 20 heavy (non-hydrogen) atoms. The first-order valence-electron chi connectivity index (χ1n) is 5.63. The number of hydrogen-bond acceptors (Lipinski definition) is 3. The largest absolute Gasteiger partial charge is 0.573 e. The Labute approximate surface area is 121 Å². The quantitative estimate of drug-likeness (QED) is 0.877. The first kappa shape index (κ1) is 18.5. The molecule has 1 unspecified atom stereocenters. The van der Waals surface area contributed by atoms with Gasteiger partial charge >= 0.3 is 6.36 Å². The summed E-state index contributed by atoms with van der Waals surface area (Å²) in [6, 6.07) is 5.01. The molecule has 0 fully saturated rings. The van der Waals surface area contributed by atoms with E-state index in [4.69, 9.17) is 0 Å². The summed E-state index contributed by atoms with van der Waals surface area (Å²) < 4.78 is 39.9. The summed E-state index contributed by atoms with van der Waals surface area (Å²) in [5, 5.41) is 5.53. The summed E-state index contributed by atoms with van der Waals surface area (Å²) in [6.45, 7) is 2.24. The van der Waals surface area contributed by atoms with Gasteiger partial charge in [-0.3, -0.25) is 4.79 Å². The molecule has 0 aliphatic rings. The predicted octanol–water partition coefficient (Wildman–Crippen LogP) is 2.34. The van der Waals surface area contributed by atoms with Crippen LogP contribution in [-0.4, -0.2) is 31.9 Å². The molecule has 0 aromatic heterocycles. The molecule has 2 N–H and O–H groups in total. The fraction of sp³-hybridized carbons (Fsp3) is 0.417. The van der Waals surface area contributed by atoms with Gasteiger partial charge in [-0.25, -0.2) is 0 Å². The van der Waals surface area contributed by atoms with Gasteiger partial charge < -0.3 is 15.4 Å². The number of hydrogen-bond donors (Lipinski definition) is 2. The Morgan fingerprint density at radius 3 is 2.60 bits per heavy atom. The monoisotopic (exact) mass is 312 g/mol. The second-order valence-corrected chi connectivity index (χ2v) is 3.98. The summed E-state index contributed by atoms with van der Waals surface area (Å²) >= 11 is 0. The number of nitrogens with one attached hydrogen (secondary N) is 2. The first-order chi connectivity index (χ1) is 8.81. The van der Waals surface area contributed by atoms with Crippen LogP contribution in [0.1, 0.15) is 17.3 Å². The number of alkyl halides is 3. The van der Waals surface area contributed by atoms with Gasteiger partial charge in [-0.05, 0) is 32.2 Å². The summed E-state index contributed by atoms with van der Waals surface area (Å²) in [6.07, 6.45) is -4.77. The van der Waals surface area contributed by atoms with Gasteiger partial charge in [0, 0.05) is 18.2 Å². The maximum atomic E-state index is 12.0. The van der Waals surface area contributed by atoms with Gasteiger partial charge in [0.15, 0.2) is 0 Å². The van der Waals surface area contributed by atoms with Crippen LogP contribution in [0.2, 0.25) is 0 Å². The minimum atomic E-state index is -4.77. The van der Waals surface area contributed by atoms with Crippen molar-refractivity contribution in [3.8, 4) is 5.75 Å². The van der Waals surface area contributed by atoms with E-state index in [1.54, 1.807) is 7.05 Å². The van der Waals surface area contributed by atoms with Crippen molar-refractivity contribution < 1.29 is 22.7 Å². The van der Waals surface area contributed by atoms with Crippen LogP contribution in [0.25, 0.3) is 0 Å². The molecule has 8 heteroatoms. The minimum absolute atomic E-state index is 0. The number of amides is 1. The highest BCUT2D eigenvalue weighted by Gasteiger charge is 2.31. The highest BCUT2D eigenvalue weighted by Crippen LogP contribution is 2.23. The molecule has 0 aliphatic carbocycles. The SMILES string of the molecule is CNC(C)CNC(=O)c1cccc(OC(F)(F)F)c1.Cl. The number of benzene rings is 1. The predicted molar refractivity (Wildman–Crippen MR) is 71.2 cm³/mol. The van der Waals surface area contributed by atoms with Crippen LogP contribution in [0, 0.1) is 0 Å². The molecule has 1 aromatic carbocycles. The van der Waals surface area contributed by atoms with Crippen molar-refractivity contribution in [2.75, 3.05) is 13.6 Å². The average Bonchev–Trinajstić information content (AvgIpc) is 2.33. The Kier molecular flexibility index (Phi) is 7.38. The standard InChI is InChI=1S/C12H15F3N2O2.ClH/c1-8(16-2)7-17-11(18)9-4-3-5-10(6-9)19-12(13,14)15;/h3-6,8,16H,7H2,1-2H3,(H,17,18);1H. The van der Waals surface area contributed by atoms with Crippen molar-refractivity contribution in [3.05, 3.63) is 29.8 Å². The lowest BCUT2D eigenvalue weighted by molar-refractivity contribution is -0.274. The second-order valence-electron chi connectivity index (χ2n) is 3.98. The maximum Gasteiger partial charge on any atom is 0.573 e. The van der Waals surface area contributed by atoms with Gasteiger partial charge in [-0.1, -0.05) is 6.07 Å². The Morgan fingerprint density at radius 1 is 1.40 bits per heavy atom. The van der Waals surface area contributed by atoms with Gasteiger partial charge in [0.05, 0.1) is 0 Å². The molecule has 0 saturated carbocycles. The van der Waals surface area contributed by atoms with E-state index in [0.29, 0.717) is 6.54 Å². The van der Waals surface area contributed by atoms with E-state index < -0.39 is 18.0 Å². The molecule has 0 spiro atoms. The van der Waals surface area contributed by atoms with Crippen molar-refractivity contribution >= 4 is 18.3 Å². The van der Waals surface area contributed by atoms with Gasteiger partial charge in [0.1, 0.15) is 5.75 Å². The molecule has 4 nitrogen and oxygen atoms in total. The van der Waals surface area contributed by atoms with Gasteiger partial charge in [-0.2, -0.15) is 0 Å². The smallest absolute Gasteiger partial charge is 0.406 e. The molecule has 114 valence electrons. The van der Waals surface area contributed by atoms with E-state index in [9.17, 15) is 18.0 Å². The van der Waals surface area contributed by atoms with Gasteiger partial charge in [-0.15, -0.1) is 25.6 Å². The molecule has 1 aromatic rings. The van der Waals surface area contributed by atoms with E-state index in [1.165, 1.54) is 12.1 Å². The van der Waals surface area contributed by atoms with Crippen molar-refractivity contribution in [1.29, 1.82) is 0 Å². The molecule has 0 saturated heterocycles. The van der Waals surface area contributed by atoms with Crippen molar-refractivity contribution in [1.82, 2.24) is 10.6 Å². The summed E-state index contributed by atoms with van der Waals surface area (Å²) in [4.78, 5) is 11.7. The number of halogens is 4. The van der Waals surface area contributed by atoms with Gasteiger partial charge in [0.25, 0.3) is 5.91 Å². The Morgan fingerprint density at radius 2 is 2.05 bits per heavy atom. The van der Waals surface area contributed by atoms with Crippen LogP contribution in [-0.2, 0) is 0 Å². The van der Waals surface area contributed by atoms with E-state index in [0.717, 1.165) is 12.1 Å². The maximum absolute atomic E-state index is 12.0. The van der Waals surface area contributed by atoms with E-state index >= 15 is 0 Å². The molecular weight excluding hydrogens is 297 g/mol. The molecule has 0 heterocycles. The Hall–Kier alpha value is -1.47. The third kappa shape index (κ3) is 6.63. The zero-order valence-electron chi connectivity index (χ0n) is 11.0. The number of rotatable bonds is 5. The third-order valence-corrected chi connectivity index (χ3v) is 2.39. The van der Waals surface area contributed by atoms with Crippen molar-refractivity contribution in [3.63, 3.8) is 0 Å².